The van der Waals surface area contributed by atoms with E-state index in [4.69, 9.17) is 33.2 Å². The summed E-state index contributed by atoms with van der Waals surface area (Å²) < 4.78 is 43.0. The molecule has 3 aliphatic heterocycles. The van der Waals surface area contributed by atoms with Gasteiger partial charge < -0.3 is 53.4 Å². The fraction of sp³-hybridized carbons (Fsp3) is 0.778. The number of aliphatic hydroxyl groups is 3. The number of carbonyl (C=O) groups is 2. The van der Waals surface area contributed by atoms with E-state index in [2.05, 4.69) is 6.08 Å². The van der Waals surface area contributed by atoms with Crippen molar-refractivity contribution >= 4 is 12.4 Å². The fourth-order valence-corrected chi connectivity index (χ4v) is 8.80. The standard InChI is InChI=1S/C45H75NO12/c1-28-15-18-34(48)23-35-13-12-14-36(57-35)24-39(53-9)45(26-56-45)40(54-10)25-38(52-8)32(5)44(58-41(50)20-16-28)33(6)42(51)29(2)17-19-37(49)31(4)43(55-11)30(3)21-22-46(7)27-47/h12-13,15-16,20-22,27,29-40,42-44,48-49,51H,14,17-19,23-26H2,1-11H3/b20-16+,22-21+,28-15+/t29-,30+,31-,32-,33-,34-,35-,36-,37?,38+,39-,40-,42-,43+,44-,45-/m0/s1. The number of epoxide rings is 1. The van der Waals surface area contributed by atoms with Gasteiger partial charge in [0.1, 0.15) is 11.7 Å². The van der Waals surface area contributed by atoms with E-state index in [1.54, 1.807) is 47.8 Å². The number of hydrogen-bond acceptors (Lipinski definition) is 12. The zero-order valence-electron chi connectivity index (χ0n) is 36.9. The molecule has 1 saturated heterocycles. The van der Waals surface area contributed by atoms with Crippen molar-refractivity contribution in [2.75, 3.05) is 42.1 Å². The maximum Gasteiger partial charge on any atom is 0.331 e. The van der Waals surface area contributed by atoms with E-state index in [1.807, 2.05) is 59.8 Å². The third kappa shape index (κ3) is 14.1. The van der Waals surface area contributed by atoms with Gasteiger partial charge in [-0.05, 0) is 38.5 Å². The number of ether oxygens (including phenoxy) is 7. The molecule has 0 aromatic rings. The Labute approximate surface area is 347 Å². The van der Waals surface area contributed by atoms with Gasteiger partial charge in [-0.2, -0.15) is 0 Å². The number of carbonyl (C=O) groups excluding carboxylic acids is 2. The molecule has 1 spiro atoms. The highest BCUT2D eigenvalue weighted by Crippen LogP contribution is 2.43. The smallest absolute Gasteiger partial charge is 0.331 e. The lowest BCUT2D eigenvalue weighted by atomic mass is 9.78. The van der Waals surface area contributed by atoms with Gasteiger partial charge in [0, 0.05) is 90.7 Å². The van der Waals surface area contributed by atoms with E-state index >= 15 is 0 Å². The summed E-state index contributed by atoms with van der Waals surface area (Å²) in [5.74, 6) is -2.02. The van der Waals surface area contributed by atoms with Gasteiger partial charge in [-0.3, -0.25) is 4.79 Å². The van der Waals surface area contributed by atoms with Crippen LogP contribution in [0, 0.1) is 29.6 Å². The van der Waals surface area contributed by atoms with E-state index in [-0.39, 0.29) is 48.1 Å². The highest BCUT2D eigenvalue weighted by Gasteiger charge is 2.59. The molecule has 0 aromatic carbocycles. The van der Waals surface area contributed by atoms with Crippen LogP contribution in [0.25, 0.3) is 0 Å². The summed E-state index contributed by atoms with van der Waals surface area (Å²) in [5.41, 5.74) is 0.0593. The van der Waals surface area contributed by atoms with Crippen molar-refractivity contribution in [2.45, 2.75) is 153 Å². The van der Waals surface area contributed by atoms with Crippen LogP contribution < -0.4 is 0 Å². The Bertz CT molecular complexity index is 1360. The van der Waals surface area contributed by atoms with Crippen molar-refractivity contribution in [2.24, 2.45) is 29.6 Å². The first-order chi connectivity index (χ1) is 27.5. The first-order valence-corrected chi connectivity index (χ1v) is 21.1. The van der Waals surface area contributed by atoms with E-state index < -0.39 is 54.1 Å². The van der Waals surface area contributed by atoms with Crippen molar-refractivity contribution < 1.29 is 58.1 Å². The minimum Gasteiger partial charge on any atom is -0.458 e. The minimum atomic E-state index is -0.889. The van der Waals surface area contributed by atoms with Crippen LogP contribution in [-0.2, 0) is 42.7 Å². The van der Waals surface area contributed by atoms with Gasteiger partial charge in [0.25, 0.3) is 0 Å². The Kier molecular flexibility index (Phi) is 20.7. The highest BCUT2D eigenvalue weighted by atomic mass is 16.6. The zero-order valence-corrected chi connectivity index (χ0v) is 36.9. The van der Waals surface area contributed by atoms with Crippen LogP contribution >= 0.6 is 0 Å². The molecule has 0 saturated carbocycles. The number of amides is 1. The number of esters is 1. The molecule has 3 aliphatic rings. The minimum absolute atomic E-state index is 0.0676. The third-order valence-corrected chi connectivity index (χ3v) is 12.8. The molecular weight excluding hydrogens is 746 g/mol. The second kappa shape index (κ2) is 24.1. The van der Waals surface area contributed by atoms with Gasteiger partial charge in [-0.15, -0.1) is 0 Å². The van der Waals surface area contributed by atoms with Crippen LogP contribution in [0.2, 0.25) is 0 Å². The van der Waals surface area contributed by atoms with E-state index in [0.29, 0.717) is 45.1 Å². The van der Waals surface area contributed by atoms with Crippen LogP contribution in [0.15, 0.2) is 48.2 Å². The Morgan fingerprint density at radius 3 is 2.26 bits per heavy atom. The van der Waals surface area contributed by atoms with E-state index in [1.165, 1.54) is 11.0 Å². The normalized spacial score (nSPS) is 35.4. The summed E-state index contributed by atoms with van der Waals surface area (Å²) >= 11 is 0. The zero-order chi connectivity index (χ0) is 43.2. The Balaban J connectivity index is 1.86. The van der Waals surface area contributed by atoms with Crippen LogP contribution in [0.5, 0.6) is 0 Å². The number of hydrogen-bond donors (Lipinski definition) is 3. The molecule has 13 heteroatoms. The lowest BCUT2D eigenvalue weighted by Crippen LogP contribution is -2.50. The molecule has 3 N–H and O–H groups in total. The van der Waals surface area contributed by atoms with Gasteiger partial charge >= 0.3 is 5.97 Å². The molecule has 3 rings (SSSR count). The molecule has 0 aliphatic carbocycles. The molecule has 2 bridgehead atoms. The van der Waals surface area contributed by atoms with Crippen molar-refractivity contribution in [3.8, 4) is 0 Å². The number of aliphatic hydroxyl groups excluding tert-OH is 3. The molecule has 1 fully saturated rings. The Morgan fingerprint density at radius 1 is 0.983 bits per heavy atom. The highest BCUT2D eigenvalue weighted by molar-refractivity contribution is 5.82. The second-order valence-electron chi connectivity index (χ2n) is 17.1. The average Bonchev–Trinajstić information content (AvgIpc) is 4.02. The largest absolute Gasteiger partial charge is 0.458 e. The average molecular weight is 822 g/mol. The number of nitrogens with zero attached hydrogens (tertiary/aromatic N) is 1. The number of allylic oxidation sites excluding steroid dienone is 2. The molecule has 1 unspecified atom stereocenters. The second-order valence-corrected chi connectivity index (χ2v) is 17.1. The van der Waals surface area contributed by atoms with Gasteiger partial charge in [0.2, 0.25) is 6.41 Å². The van der Waals surface area contributed by atoms with Crippen molar-refractivity contribution in [1.29, 1.82) is 0 Å². The maximum absolute atomic E-state index is 13.5. The molecule has 1 amide bonds. The quantitative estimate of drug-likeness (QED) is 0.0812. The predicted octanol–water partition coefficient (Wildman–Crippen LogP) is 5.16. The van der Waals surface area contributed by atoms with Crippen molar-refractivity contribution in [3.05, 3.63) is 48.2 Å². The topological polar surface area (TPSA) is 166 Å². The van der Waals surface area contributed by atoms with Gasteiger partial charge in [0.15, 0.2) is 0 Å². The SMILES string of the molecule is CO[C@H]([C@H](C)/C=C/N(C)C=O)[C@@H](C)C(O)CC[C@H](C)[C@H](O)[C@H](C)[C@H]1OC(=O)/C=C/C(C)=C/C[C@H](O)C[C@@H]2C=CC[C@@H](C[C@H](OC)[C@@]3(CO3)[C@@H](OC)C[C@@H](OC)[C@@H]1C)O2. The Morgan fingerprint density at radius 2 is 1.66 bits per heavy atom. The predicted molar refractivity (Wildman–Crippen MR) is 222 cm³/mol. The number of fused-ring (bicyclic) bond motifs is 2. The van der Waals surface area contributed by atoms with Crippen LogP contribution in [0.1, 0.15) is 86.5 Å². The van der Waals surface area contributed by atoms with Gasteiger partial charge in [0.05, 0.1) is 61.5 Å². The number of cyclic esters (lactones) is 1. The van der Waals surface area contributed by atoms with Crippen LogP contribution in [-0.4, -0.2) is 141 Å². The number of methoxy groups -OCH3 is 4. The molecule has 58 heavy (non-hydrogen) atoms. The number of rotatable bonds is 16. The summed E-state index contributed by atoms with van der Waals surface area (Å²) in [6.45, 7) is 12.0. The first-order valence-electron chi connectivity index (χ1n) is 21.1. The molecule has 13 nitrogen and oxygen atoms in total. The van der Waals surface area contributed by atoms with Crippen molar-refractivity contribution in [1.82, 2.24) is 4.90 Å². The summed E-state index contributed by atoms with van der Waals surface area (Å²) in [7, 11) is 8.21. The van der Waals surface area contributed by atoms with Crippen LogP contribution in [0.3, 0.4) is 0 Å². The first kappa shape index (κ1) is 49.9. The maximum atomic E-state index is 13.5. The monoisotopic (exact) mass is 822 g/mol. The summed E-state index contributed by atoms with van der Waals surface area (Å²) in [6.07, 6.45) is 11.9. The summed E-state index contributed by atoms with van der Waals surface area (Å²) in [4.78, 5) is 26.0. The van der Waals surface area contributed by atoms with Gasteiger partial charge in [-0.25, -0.2) is 4.79 Å². The summed E-state index contributed by atoms with van der Waals surface area (Å²) in [5, 5.41) is 34.0. The van der Waals surface area contributed by atoms with E-state index in [0.717, 1.165) is 18.4 Å². The Hall–Kier alpha value is -2.46. The molecule has 332 valence electrons. The third-order valence-electron chi connectivity index (χ3n) is 12.8. The fourth-order valence-electron chi connectivity index (χ4n) is 8.80. The lowest BCUT2D eigenvalue weighted by molar-refractivity contribution is -0.159. The van der Waals surface area contributed by atoms with Crippen LogP contribution in [0.4, 0.5) is 0 Å². The van der Waals surface area contributed by atoms with E-state index in [9.17, 15) is 24.9 Å². The molecule has 0 aromatic heterocycles. The van der Waals surface area contributed by atoms with Crippen molar-refractivity contribution in [3.63, 3.8) is 0 Å². The molecule has 3 heterocycles. The molecule has 16 atom stereocenters. The van der Waals surface area contributed by atoms with Gasteiger partial charge in [-0.1, -0.05) is 70.6 Å². The summed E-state index contributed by atoms with van der Waals surface area (Å²) in [6, 6.07) is 0. The lowest BCUT2D eigenvalue weighted by Gasteiger charge is -2.39. The molecular formula is C45H75NO12. The molecule has 0 radical (unpaired) electrons.